The van der Waals surface area contributed by atoms with Gasteiger partial charge in [-0.15, -0.1) is 0 Å². The molecule has 3 unspecified atom stereocenters. The largest absolute Gasteiger partial charge is 0.497 e. The third-order valence-corrected chi connectivity index (χ3v) is 4.22. The maximum Gasteiger partial charge on any atom is 0.179 e. The normalized spacial score (nSPS) is 23.9. The van der Waals surface area contributed by atoms with Gasteiger partial charge < -0.3 is 9.47 Å². The molecule has 1 fully saturated rings. The van der Waals surface area contributed by atoms with E-state index in [1.165, 1.54) is 0 Å². The van der Waals surface area contributed by atoms with Gasteiger partial charge in [0.15, 0.2) is 5.78 Å². The van der Waals surface area contributed by atoms with Crippen LogP contribution >= 0.6 is 0 Å². The fourth-order valence-electron chi connectivity index (χ4n) is 2.72. The Morgan fingerprint density at radius 1 is 1.40 bits per heavy atom. The second-order valence-corrected chi connectivity index (χ2v) is 5.37. The van der Waals surface area contributed by atoms with E-state index in [4.69, 9.17) is 9.47 Å². The van der Waals surface area contributed by atoms with E-state index in [9.17, 15) is 4.79 Å². The summed E-state index contributed by atoms with van der Waals surface area (Å²) in [6.07, 6.45) is 1.17. The summed E-state index contributed by atoms with van der Waals surface area (Å²) in [7, 11) is 3.62. The number of rotatable bonds is 5. The van der Waals surface area contributed by atoms with Gasteiger partial charge >= 0.3 is 0 Å². The summed E-state index contributed by atoms with van der Waals surface area (Å²) >= 11 is 0. The smallest absolute Gasteiger partial charge is 0.179 e. The van der Waals surface area contributed by atoms with Crippen molar-refractivity contribution in [3.63, 3.8) is 0 Å². The molecule has 2 rings (SSSR count). The highest BCUT2D eigenvalue weighted by atomic mass is 16.5. The number of methoxy groups -OCH3 is 1. The molecule has 4 heteroatoms. The molecule has 0 spiro atoms. The number of ether oxygens (including phenoxy) is 2. The second-order valence-electron chi connectivity index (χ2n) is 5.37. The van der Waals surface area contributed by atoms with Crippen LogP contribution in [0.5, 0.6) is 5.75 Å². The Balaban J connectivity index is 2.06. The number of hydrogen-bond donors (Lipinski definition) is 0. The van der Waals surface area contributed by atoms with E-state index in [0.717, 1.165) is 24.3 Å². The Morgan fingerprint density at radius 2 is 2.05 bits per heavy atom. The SMILES string of the molecule is COc1ccc(C(=O)C(C)N(C)C2CCOC2C)cc1. The summed E-state index contributed by atoms with van der Waals surface area (Å²) in [6, 6.07) is 7.44. The van der Waals surface area contributed by atoms with E-state index in [0.29, 0.717) is 6.04 Å². The Hall–Kier alpha value is -1.39. The quantitative estimate of drug-likeness (QED) is 0.775. The average Bonchev–Trinajstić information content (AvgIpc) is 2.91. The Labute approximate surface area is 120 Å². The van der Waals surface area contributed by atoms with E-state index in [1.54, 1.807) is 7.11 Å². The predicted octanol–water partition coefficient (Wildman–Crippen LogP) is 2.38. The molecule has 1 saturated heterocycles. The number of ketones is 1. The second kappa shape index (κ2) is 6.37. The number of nitrogens with zero attached hydrogens (tertiary/aromatic N) is 1. The maximum atomic E-state index is 12.5. The maximum absolute atomic E-state index is 12.5. The van der Waals surface area contributed by atoms with Crippen molar-refractivity contribution in [2.75, 3.05) is 20.8 Å². The molecule has 1 heterocycles. The molecule has 4 nitrogen and oxygen atoms in total. The molecule has 1 aliphatic rings. The topological polar surface area (TPSA) is 38.8 Å². The van der Waals surface area contributed by atoms with Crippen LogP contribution in [0.1, 0.15) is 30.6 Å². The fraction of sp³-hybridized carbons (Fsp3) is 0.562. The number of hydrogen-bond acceptors (Lipinski definition) is 4. The first-order valence-corrected chi connectivity index (χ1v) is 7.06. The Bertz CT molecular complexity index is 457. The molecule has 0 bridgehead atoms. The third-order valence-electron chi connectivity index (χ3n) is 4.22. The van der Waals surface area contributed by atoms with Crippen LogP contribution < -0.4 is 4.74 Å². The van der Waals surface area contributed by atoms with Crippen molar-refractivity contribution in [1.82, 2.24) is 4.90 Å². The van der Waals surface area contributed by atoms with Crippen molar-refractivity contribution < 1.29 is 14.3 Å². The molecule has 110 valence electrons. The van der Waals surface area contributed by atoms with Gasteiger partial charge in [0.2, 0.25) is 0 Å². The van der Waals surface area contributed by atoms with E-state index in [2.05, 4.69) is 11.8 Å². The lowest BCUT2D eigenvalue weighted by Gasteiger charge is -2.31. The molecule has 0 aliphatic carbocycles. The highest BCUT2D eigenvalue weighted by molar-refractivity contribution is 5.99. The van der Waals surface area contributed by atoms with E-state index >= 15 is 0 Å². The minimum Gasteiger partial charge on any atom is -0.497 e. The molecular weight excluding hydrogens is 254 g/mol. The van der Waals surface area contributed by atoms with Crippen molar-refractivity contribution >= 4 is 5.78 Å². The van der Waals surface area contributed by atoms with Crippen LogP contribution in [0.2, 0.25) is 0 Å². The summed E-state index contributed by atoms with van der Waals surface area (Å²) < 4.78 is 10.7. The summed E-state index contributed by atoms with van der Waals surface area (Å²) in [5.74, 6) is 0.898. The van der Waals surface area contributed by atoms with E-state index in [-0.39, 0.29) is 17.9 Å². The van der Waals surface area contributed by atoms with Crippen molar-refractivity contribution in [1.29, 1.82) is 0 Å². The zero-order valence-electron chi connectivity index (χ0n) is 12.6. The van der Waals surface area contributed by atoms with Gasteiger partial charge in [0, 0.05) is 18.2 Å². The van der Waals surface area contributed by atoms with Crippen LogP contribution in [0.15, 0.2) is 24.3 Å². The first kappa shape index (κ1) is 15.0. The van der Waals surface area contributed by atoms with Gasteiger partial charge in [0.25, 0.3) is 0 Å². The third kappa shape index (κ3) is 3.02. The Morgan fingerprint density at radius 3 is 2.55 bits per heavy atom. The van der Waals surface area contributed by atoms with Crippen LogP contribution in [-0.2, 0) is 4.74 Å². The molecule has 0 aromatic heterocycles. The van der Waals surface area contributed by atoms with Crippen molar-refractivity contribution in [2.45, 2.75) is 38.5 Å². The molecule has 0 amide bonds. The lowest BCUT2D eigenvalue weighted by Crippen LogP contribution is -2.45. The molecule has 0 radical (unpaired) electrons. The number of carbonyl (C=O) groups is 1. The van der Waals surface area contributed by atoms with Crippen molar-refractivity contribution in [3.8, 4) is 5.75 Å². The number of carbonyl (C=O) groups excluding carboxylic acids is 1. The zero-order valence-corrected chi connectivity index (χ0v) is 12.6. The van der Waals surface area contributed by atoms with Gasteiger partial charge in [-0.05, 0) is 51.6 Å². The van der Waals surface area contributed by atoms with Crippen LogP contribution in [0.4, 0.5) is 0 Å². The molecule has 0 saturated carbocycles. The van der Waals surface area contributed by atoms with Gasteiger partial charge in [0.1, 0.15) is 5.75 Å². The molecule has 1 aromatic carbocycles. The molecule has 1 aliphatic heterocycles. The molecule has 1 aromatic rings. The van der Waals surface area contributed by atoms with Crippen LogP contribution in [-0.4, -0.2) is 49.6 Å². The van der Waals surface area contributed by atoms with Crippen molar-refractivity contribution in [2.24, 2.45) is 0 Å². The first-order valence-electron chi connectivity index (χ1n) is 7.06. The lowest BCUT2D eigenvalue weighted by molar-refractivity contribution is 0.0605. The van der Waals surface area contributed by atoms with Crippen LogP contribution in [0, 0.1) is 0 Å². The van der Waals surface area contributed by atoms with E-state index in [1.807, 2.05) is 38.2 Å². The fourth-order valence-corrected chi connectivity index (χ4v) is 2.72. The van der Waals surface area contributed by atoms with Gasteiger partial charge in [-0.3, -0.25) is 9.69 Å². The number of Topliss-reactive ketones (excluding diaryl/α,β-unsaturated/α-hetero) is 1. The number of likely N-dealkylation sites (N-methyl/N-ethyl adjacent to an activating group) is 1. The molecule has 3 atom stereocenters. The molecular formula is C16H23NO3. The van der Waals surface area contributed by atoms with Gasteiger partial charge in [-0.2, -0.15) is 0 Å². The minimum atomic E-state index is -0.155. The van der Waals surface area contributed by atoms with Gasteiger partial charge in [-0.25, -0.2) is 0 Å². The monoisotopic (exact) mass is 277 g/mol. The predicted molar refractivity (Wildman–Crippen MR) is 78.4 cm³/mol. The zero-order chi connectivity index (χ0) is 14.7. The molecule has 0 N–H and O–H groups in total. The highest BCUT2D eigenvalue weighted by Gasteiger charge is 2.32. The summed E-state index contributed by atoms with van der Waals surface area (Å²) in [4.78, 5) is 14.7. The summed E-state index contributed by atoms with van der Waals surface area (Å²) in [6.45, 7) is 4.80. The van der Waals surface area contributed by atoms with E-state index < -0.39 is 0 Å². The standard InChI is InChI=1S/C16H23NO3/c1-11(17(3)15-9-10-20-12(15)2)16(18)13-5-7-14(19-4)8-6-13/h5-8,11-12,15H,9-10H2,1-4H3. The first-order chi connectivity index (χ1) is 9.54. The van der Waals surface area contributed by atoms with Crippen LogP contribution in [0.25, 0.3) is 0 Å². The highest BCUT2D eigenvalue weighted by Crippen LogP contribution is 2.22. The van der Waals surface area contributed by atoms with Gasteiger partial charge in [-0.1, -0.05) is 0 Å². The lowest BCUT2D eigenvalue weighted by atomic mass is 10.0. The van der Waals surface area contributed by atoms with Crippen molar-refractivity contribution in [3.05, 3.63) is 29.8 Å². The average molecular weight is 277 g/mol. The van der Waals surface area contributed by atoms with Crippen LogP contribution in [0.3, 0.4) is 0 Å². The van der Waals surface area contributed by atoms with Gasteiger partial charge in [0.05, 0.1) is 19.3 Å². The Kier molecular flexibility index (Phi) is 4.78. The number of benzene rings is 1. The summed E-state index contributed by atoms with van der Waals surface area (Å²) in [5.41, 5.74) is 0.719. The molecule has 20 heavy (non-hydrogen) atoms. The summed E-state index contributed by atoms with van der Waals surface area (Å²) in [5, 5.41) is 0. The minimum absolute atomic E-state index is 0.134.